The maximum Gasteiger partial charge on any atom is 0.260 e. The van der Waals surface area contributed by atoms with Crippen LogP contribution in [0.15, 0.2) is 47.8 Å². The lowest BCUT2D eigenvalue weighted by Crippen LogP contribution is -2.37. The molecule has 2 aromatic carbocycles. The van der Waals surface area contributed by atoms with E-state index in [-0.39, 0.29) is 12.0 Å². The predicted octanol–water partition coefficient (Wildman–Crippen LogP) is 4.96. The second-order valence-corrected chi connectivity index (χ2v) is 8.30. The third-order valence-corrected chi connectivity index (χ3v) is 6.22. The third-order valence-electron chi connectivity index (χ3n) is 5.36. The van der Waals surface area contributed by atoms with Gasteiger partial charge in [-0.3, -0.25) is 9.69 Å². The maximum absolute atomic E-state index is 13.6. The summed E-state index contributed by atoms with van der Waals surface area (Å²) in [6.45, 7) is 3.10. The van der Waals surface area contributed by atoms with Gasteiger partial charge < -0.3 is 14.2 Å². The highest BCUT2D eigenvalue weighted by molar-refractivity contribution is 7.14. The standard InChI is InChI=1S/C24H26N2O4S/c1-16-12-18(13-21(28-2)22(16)29-3)23(27)26(14-19-10-7-11-30-19)24-25-20(15-31-24)17-8-5-4-6-9-17/h4-6,8-9,12-13,15,19H,7,10-11,14H2,1-3H3. The summed E-state index contributed by atoms with van der Waals surface area (Å²) < 4.78 is 16.7. The van der Waals surface area contributed by atoms with Gasteiger partial charge in [-0.05, 0) is 37.5 Å². The Labute approximate surface area is 186 Å². The Hall–Kier alpha value is -2.90. The van der Waals surface area contributed by atoms with Gasteiger partial charge in [0.2, 0.25) is 0 Å². The van der Waals surface area contributed by atoms with Gasteiger partial charge in [-0.1, -0.05) is 30.3 Å². The number of benzene rings is 2. The molecule has 1 fully saturated rings. The molecular weight excluding hydrogens is 412 g/mol. The van der Waals surface area contributed by atoms with E-state index < -0.39 is 0 Å². The van der Waals surface area contributed by atoms with E-state index in [1.54, 1.807) is 25.2 Å². The van der Waals surface area contributed by atoms with Crippen molar-refractivity contribution in [1.29, 1.82) is 0 Å². The van der Waals surface area contributed by atoms with Crippen LogP contribution in [0.4, 0.5) is 5.13 Å². The highest BCUT2D eigenvalue weighted by Crippen LogP contribution is 2.34. The molecule has 7 heteroatoms. The van der Waals surface area contributed by atoms with Crippen LogP contribution in [0.1, 0.15) is 28.8 Å². The van der Waals surface area contributed by atoms with Gasteiger partial charge in [-0.15, -0.1) is 11.3 Å². The summed E-state index contributed by atoms with van der Waals surface area (Å²) >= 11 is 1.46. The van der Waals surface area contributed by atoms with Gasteiger partial charge in [0.05, 0.1) is 32.6 Å². The predicted molar refractivity (Wildman–Crippen MR) is 122 cm³/mol. The minimum atomic E-state index is -0.131. The average molecular weight is 439 g/mol. The number of nitrogens with zero attached hydrogens (tertiary/aromatic N) is 2. The first-order valence-corrected chi connectivity index (χ1v) is 11.2. The zero-order chi connectivity index (χ0) is 21.8. The van der Waals surface area contributed by atoms with Crippen molar-refractivity contribution in [3.8, 4) is 22.8 Å². The fourth-order valence-corrected chi connectivity index (χ4v) is 4.65. The number of methoxy groups -OCH3 is 2. The summed E-state index contributed by atoms with van der Waals surface area (Å²) in [5, 5.41) is 2.65. The number of amides is 1. The summed E-state index contributed by atoms with van der Waals surface area (Å²) in [6.07, 6.45) is 1.95. The summed E-state index contributed by atoms with van der Waals surface area (Å²) in [5.41, 5.74) is 3.25. The van der Waals surface area contributed by atoms with Crippen molar-refractivity contribution in [2.24, 2.45) is 0 Å². The van der Waals surface area contributed by atoms with E-state index in [0.29, 0.717) is 28.7 Å². The molecule has 162 valence electrons. The first-order valence-electron chi connectivity index (χ1n) is 10.3. The van der Waals surface area contributed by atoms with Crippen LogP contribution in [0.25, 0.3) is 11.3 Å². The molecular formula is C24H26N2O4S. The van der Waals surface area contributed by atoms with Crippen LogP contribution in [-0.4, -0.2) is 44.4 Å². The fourth-order valence-electron chi connectivity index (χ4n) is 3.80. The Kier molecular flexibility index (Phi) is 6.53. The number of hydrogen-bond acceptors (Lipinski definition) is 6. The van der Waals surface area contributed by atoms with Gasteiger partial charge >= 0.3 is 0 Å². The van der Waals surface area contributed by atoms with Crippen molar-refractivity contribution in [2.75, 3.05) is 32.3 Å². The largest absolute Gasteiger partial charge is 0.493 e. The van der Waals surface area contributed by atoms with Crippen LogP contribution in [0, 0.1) is 6.92 Å². The molecule has 0 saturated carbocycles. The Bertz CT molecular complexity index is 1040. The first-order chi connectivity index (χ1) is 15.1. The van der Waals surface area contributed by atoms with Crippen LogP contribution < -0.4 is 14.4 Å². The van der Waals surface area contributed by atoms with Gasteiger partial charge in [0, 0.05) is 23.1 Å². The van der Waals surface area contributed by atoms with E-state index in [9.17, 15) is 4.79 Å². The summed E-state index contributed by atoms with van der Waals surface area (Å²) in [7, 11) is 3.17. The monoisotopic (exact) mass is 438 g/mol. The second kappa shape index (κ2) is 9.49. The average Bonchev–Trinajstić information content (AvgIpc) is 3.49. The fraction of sp³-hybridized carbons (Fsp3) is 0.333. The molecule has 0 aliphatic carbocycles. The Morgan fingerprint density at radius 1 is 1.23 bits per heavy atom. The van der Waals surface area contributed by atoms with Crippen molar-refractivity contribution < 1.29 is 19.0 Å². The molecule has 1 aliphatic rings. The molecule has 1 aliphatic heterocycles. The lowest BCUT2D eigenvalue weighted by Gasteiger charge is -2.24. The highest BCUT2D eigenvalue weighted by Gasteiger charge is 2.28. The van der Waals surface area contributed by atoms with Gasteiger partial charge in [0.1, 0.15) is 0 Å². The Morgan fingerprint density at radius 2 is 2.03 bits per heavy atom. The zero-order valence-corrected chi connectivity index (χ0v) is 18.8. The highest BCUT2D eigenvalue weighted by atomic mass is 32.1. The summed E-state index contributed by atoms with van der Waals surface area (Å²) in [6, 6.07) is 13.5. The van der Waals surface area contributed by atoms with E-state index in [2.05, 4.69) is 0 Å². The van der Waals surface area contributed by atoms with Gasteiger partial charge in [-0.2, -0.15) is 0 Å². The van der Waals surface area contributed by atoms with Gasteiger partial charge in [0.25, 0.3) is 5.91 Å². The number of carbonyl (C=O) groups excluding carboxylic acids is 1. The van der Waals surface area contributed by atoms with Crippen molar-refractivity contribution >= 4 is 22.4 Å². The third kappa shape index (κ3) is 4.57. The topological polar surface area (TPSA) is 60.9 Å². The number of hydrogen-bond donors (Lipinski definition) is 0. The normalized spacial score (nSPS) is 15.6. The molecule has 6 nitrogen and oxygen atoms in total. The second-order valence-electron chi connectivity index (χ2n) is 7.46. The van der Waals surface area contributed by atoms with Crippen LogP contribution in [0.3, 0.4) is 0 Å². The lowest BCUT2D eigenvalue weighted by molar-refractivity contribution is 0.0917. The smallest absolute Gasteiger partial charge is 0.260 e. The number of thiazole rings is 1. The van der Waals surface area contributed by atoms with E-state index in [4.69, 9.17) is 19.2 Å². The number of anilines is 1. The van der Waals surface area contributed by atoms with E-state index >= 15 is 0 Å². The van der Waals surface area contributed by atoms with E-state index in [0.717, 1.165) is 36.3 Å². The Morgan fingerprint density at radius 3 is 2.71 bits per heavy atom. The van der Waals surface area contributed by atoms with Crippen LogP contribution in [0.2, 0.25) is 0 Å². The number of aromatic nitrogens is 1. The Balaban J connectivity index is 1.69. The lowest BCUT2D eigenvalue weighted by atomic mass is 10.1. The van der Waals surface area contributed by atoms with E-state index in [1.165, 1.54) is 11.3 Å². The zero-order valence-electron chi connectivity index (χ0n) is 18.0. The molecule has 4 rings (SSSR count). The van der Waals surface area contributed by atoms with Crippen molar-refractivity contribution in [2.45, 2.75) is 25.9 Å². The molecule has 0 spiro atoms. The molecule has 1 amide bonds. The molecule has 0 radical (unpaired) electrons. The molecule has 3 aromatic rings. The first kappa shape index (κ1) is 21.3. The van der Waals surface area contributed by atoms with Crippen molar-refractivity contribution in [1.82, 2.24) is 4.98 Å². The minimum absolute atomic E-state index is 0.00858. The molecule has 1 atom stereocenters. The molecule has 1 unspecified atom stereocenters. The van der Waals surface area contributed by atoms with Crippen molar-refractivity contribution in [3.05, 3.63) is 59.0 Å². The molecule has 0 N–H and O–H groups in total. The number of carbonyl (C=O) groups is 1. The number of aryl methyl sites for hydroxylation is 1. The number of ether oxygens (including phenoxy) is 3. The number of rotatable bonds is 7. The van der Waals surface area contributed by atoms with Gasteiger partial charge in [-0.25, -0.2) is 4.98 Å². The van der Waals surface area contributed by atoms with Crippen molar-refractivity contribution in [3.63, 3.8) is 0 Å². The van der Waals surface area contributed by atoms with E-state index in [1.807, 2.05) is 48.7 Å². The molecule has 2 heterocycles. The van der Waals surface area contributed by atoms with Crippen LogP contribution in [0.5, 0.6) is 11.5 Å². The summed E-state index contributed by atoms with van der Waals surface area (Å²) in [5.74, 6) is 1.03. The van der Waals surface area contributed by atoms with Crippen LogP contribution >= 0.6 is 11.3 Å². The summed E-state index contributed by atoms with van der Waals surface area (Å²) in [4.78, 5) is 20.1. The van der Waals surface area contributed by atoms with Crippen LogP contribution in [-0.2, 0) is 4.74 Å². The molecule has 1 saturated heterocycles. The maximum atomic E-state index is 13.6. The molecule has 31 heavy (non-hydrogen) atoms. The molecule has 0 bridgehead atoms. The van der Waals surface area contributed by atoms with Gasteiger partial charge in [0.15, 0.2) is 16.6 Å². The quantitative estimate of drug-likeness (QED) is 0.522. The minimum Gasteiger partial charge on any atom is -0.493 e. The SMILES string of the molecule is COc1cc(C(=O)N(CC2CCCO2)c2nc(-c3ccccc3)cs2)cc(C)c1OC. The molecule has 1 aromatic heterocycles.